The Hall–Kier alpha value is -4.34. The number of nitrogens with one attached hydrogen (secondary N) is 2. The molecular formula is C24H23FN6O3. The fourth-order valence-electron chi connectivity index (χ4n) is 4.18. The summed E-state index contributed by atoms with van der Waals surface area (Å²) >= 11 is 0. The van der Waals surface area contributed by atoms with Gasteiger partial charge in [-0.1, -0.05) is 12.1 Å². The van der Waals surface area contributed by atoms with Crippen LogP contribution in [-0.2, 0) is 6.54 Å². The second-order valence-electron chi connectivity index (χ2n) is 8.21. The molecule has 2 amide bonds. The van der Waals surface area contributed by atoms with Crippen LogP contribution < -0.4 is 21.5 Å². The van der Waals surface area contributed by atoms with Gasteiger partial charge in [0.1, 0.15) is 28.6 Å². The maximum absolute atomic E-state index is 13.7. The highest BCUT2D eigenvalue weighted by molar-refractivity contribution is 6.07. The van der Waals surface area contributed by atoms with Crippen molar-refractivity contribution in [3.8, 4) is 17.0 Å². The lowest BCUT2D eigenvalue weighted by Crippen LogP contribution is -2.23. The number of rotatable bonds is 7. The number of nitrogens with two attached hydrogens (primary N) is 2. The van der Waals surface area contributed by atoms with Crippen molar-refractivity contribution in [2.75, 3.05) is 12.8 Å². The number of anilines is 1. The molecule has 0 saturated heterocycles. The summed E-state index contributed by atoms with van der Waals surface area (Å²) in [5.74, 6) is -1.08. The van der Waals surface area contributed by atoms with Crippen molar-refractivity contribution in [3.63, 3.8) is 0 Å². The van der Waals surface area contributed by atoms with Gasteiger partial charge in [-0.15, -0.1) is 0 Å². The molecule has 0 atom stereocenters. The molecule has 10 heteroatoms. The van der Waals surface area contributed by atoms with E-state index in [1.807, 2.05) is 18.2 Å². The Morgan fingerprint density at radius 2 is 2.06 bits per heavy atom. The fourth-order valence-corrected chi connectivity index (χ4v) is 4.18. The predicted octanol–water partition coefficient (Wildman–Crippen LogP) is 3.13. The van der Waals surface area contributed by atoms with Crippen LogP contribution in [0.1, 0.15) is 45.2 Å². The topological polar surface area (TPSA) is 141 Å². The highest BCUT2D eigenvalue weighted by Gasteiger charge is 2.31. The number of fused-ring (bicyclic) bond motifs is 1. The van der Waals surface area contributed by atoms with Crippen LogP contribution in [-0.4, -0.2) is 33.7 Å². The Morgan fingerprint density at radius 1 is 1.26 bits per heavy atom. The number of ether oxygens (including phenoxy) is 1. The first-order valence-electron chi connectivity index (χ1n) is 10.8. The number of amides is 2. The van der Waals surface area contributed by atoms with Gasteiger partial charge in [-0.25, -0.2) is 9.07 Å². The highest BCUT2D eigenvalue weighted by Crippen LogP contribution is 2.41. The van der Waals surface area contributed by atoms with Gasteiger partial charge in [0.25, 0.3) is 11.8 Å². The van der Waals surface area contributed by atoms with Crippen molar-refractivity contribution < 1.29 is 18.7 Å². The number of halogens is 1. The van der Waals surface area contributed by atoms with Crippen LogP contribution in [0.5, 0.6) is 5.75 Å². The van der Waals surface area contributed by atoms with Crippen molar-refractivity contribution in [2.45, 2.75) is 25.4 Å². The second-order valence-corrected chi connectivity index (χ2v) is 8.21. The summed E-state index contributed by atoms with van der Waals surface area (Å²) in [6.07, 6.45) is 3.68. The number of nitrogen functional groups attached to an aromatic ring is 1. The molecule has 34 heavy (non-hydrogen) atoms. The number of hydrogen-bond donors (Lipinski definition) is 4. The summed E-state index contributed by atoms with van der Waals surface area (Å²) in [6, 6.07) is 9.47. The van der Waals surface area contributed by atoms with E-state index in [0.29, 0.717) is 11.3 Å². The molecule has 4 aromatic rings. The van der Waals surface area contributed by atoms with Crippen molar-refractivity contribution in [1.82, 2.24) is 20.1 Å². The minimum Gasteiger partial charge on any atom is -0.496 e. The second kappa shape index (κ2) is 8.22. The van der Waals surface area contributed by atoms with Gasteiger partial charge >= 0.3 is 0 Å². The summed E-state index contributed by atoms with van der Waals surface area (Å²) < 4.78 is 20.5. The van der Waals surface area contributed by atoms with Crippen LogP contribution in [0.25, 0.3) is 22.2 Å². The molecule has 1 aliphatic carbocycles. The SMILES string of the molecule is COc1ccc(F)cc1C(=O)NCc1ccc(-c2nn(C3CC3)c(N)c2C(N)=O)c2cc[nH]c12. The number of primary amides is 1. The zero-order chi connectivity index (χ0) is 24.0. The van der Waals surface area contributed by atoms with E-state index in [1.165, 1.54) is 19.2 Å². The van der Waals surface area contributed by atoms with Gasteiger partial charge in [-0.3, -0.25) is 9.59 Å². The molecule has 0 bridgehead atoms. The lowest BCUT2D eigenvalue weighted by molar-refractivity contribution is 0.0946. The summed E-state index contributed by atoms with van der Waals surface area (Å²) in [5.41, 5.74) is 14.9. The largest absolute Gasteiger partial charge is 0.496 e. The molecule has 0 unspecified atom stereocenters. The Labute approximate surface area is 193 Å². The van der Waals surface area contributed by atoms with E-state index in [1.54, 1.807) is 10.9 Å². The van der Waals surface area contributed by atoms with E-state index >= 15 is 0 Å². The number of H-pyrrole nitrogens is 1. The molecule has 9 nitrogen and oxygen atoms in total. The molecule has 1 fully saturated rings. The molecule has 0 radical (unpaired) electrons. The first-order valence-corrected chi connectivity index (χ1v) is 10.8. The number of methoxy groups -OCH3 is 1. The predicted molar refractivity (Wildman–Crippen MR) is 125 cm³/mol. The van der Waals surface area contributed by atoms with Crippen molar-refractivity contribution in [1.29, 1.82) is 0 Å². The number of nitrogens with zero attached hydrogens (tertiary/aromatic N) is 2. The average Bonchev–Trinajstić information content (AvgIpc) is 3.42. The van der Waals surface area contributed by atoms with E-state index in [9.17, 15) is 14.0 Å². The third-order valence-electron chi connectivity index (χ3n) is 6.00. The summed E-state index contributed by atoms with van der Waals surface area (Å²) in [7, 11) is 1.42. The Bertz CT molecular complexity index is 1440. The monoisotopic (exact) mass is 462 g/mol. The molecule has 0 spiro atoms. The number of carbonyl (C=O) groups is 2. The van der Waals surface area contributed by atoms with Crippen LogP contribution in [0, 0.1) is 5.82 Å². The van der Waals surface area contributed by atoms with Gasteiger partial charge in [0, 0.05) is 23.7 Å². The summed E-state index contributed by atoms with van der Waals surface area (Å²) in [5, 5.41) is 8.23. The minimum atomic E-state index is -0.636. The first kappa shape index (κ1) is 21.5. The zero-order valence-corrected chi connectivity index (χ0v) is 18.4. The lowest BCUT2D eigenvalue weighted by atomic mass is 10.00. The average molecular weight is 462 g/mol. The maximum Gasteiger partial charge on any atom is 0.255 e. The van der Waals surface area contributed by atoms with Gasteiger partial charge in [0.05, 0.1) is 24.2 Å². The first-order chi connectivity index (χ1) is 16.4. The molecule has 0 aliphatic heterocycles. The van der Waals surface area contributed by atoms with E-state index in [2.05, 4.69) is 15.4 Å². The summed E-state index contributed by atoms with van der Waals surface area (Å²) in [4.78, 5) is 28.1. The van der Waals surface area contributed by atoms with E-state index in [-0.39, 0.29) is 35.3 Å². The normalized spacial score (nSPS) is 13.2. The minimum absolute atomic E-state index is 0.106. The quantitative estimate of drug-likeness (QED) is 0.334. The molecular weight excluding hydrogens is 439 g/mol. The molecule has 6 N–H and O–H groups in total. The molecule has 5 rings (SSSR count). The van der Waals surface area contributed by atoms with Gasteiger partial charge < -0.3 is 26.5 Å². The lowest BCUT2D eigenvalue weighted by Gasteiger charge is -2.11. The molecule has 1 aliphatic rings. The maximum atomic E-state index is 13.7. The number of hydrogen-bond acceptors (Lipinski definition) is 5. The number of benzene rings is 2. The van der Waals surface area contributed by atoms with E-state index < -0.39 is 17.6 Å². The van der Waals surface area contributed by atoms with Crippen LogP contribution in [0.2, 0.25) is 0 Å². The molecule has 1 saturated carbocycles. The standard InChI is InChI=1S/C24H23FN6O3/c1-34-18-7-3-13(25)10-17(18)24(33)29-11-12-2-6-15(16-8-9-28-20(12)16)21-19(23(27)32)22(26)31(30-21)14-4-5-14/h2-3,6-10,14,28H,4-5,11,26H2,1H3,(H2,27,32)(H,29,33). The Balaban J connectivity index is 1.48. The van der Waals surface area contributed by atoms with Gasteiger partial charge in [0.2, 0.25) is 0 Å². The van der Waals surface area contributed by atoms with Crippen molar-refractivity contribution in [3.05, 3.63) is 65.1 Å². The van der Waals surface area contributed by atoms with Gasteiger partial charge in [-0.05, 0) is 42.7 Å². The fraction of sp³-hybridized carbons (Fsp3) is 0.208. The molecule has 2 heterocycles. The number of aromatic nitrogens is 3. The molecule has 2 aromatic heterocycles. The Morgan fingerprint density at radius 3 is 2.76 bits per heavy atom. The number of aromatic amines is 1. The smallest absolute Gasteiger partial charge is 0.255 e. The molecule has 2 aromatic carbocycles. The number of carbonyl (C=O) groups excluding carboxylic acids is 2. The van der Waals surface area contributed by atoms with E-state index in [4.69, 9.17) is 16.2 Å². The zero-order valence-electron chi connectivity index (χ0n) is 18.4. The third-order valence-corrected chi connectivity index (χ3v) is 6.00. The van der Waals surface area contributed by atoms with Crippen LogP contribution in [0.4, 0.5) is 10.2 Å². The van der Waals surface area contributed by atoms with Crippen LogP contribution in [0.3, 0.4) is 0 Å². The van der Waals surface area contributed by atoms with Crippen LogP contribution >= 0.6 is 0 Å². The third kappa shape index (κ3) is 3.62. The van der Waals surface area contributed by atoms with Gasteiger partial charge in [-0.2, -0.15) is 5.10 Å². The van der Waals surface area contributed by atoms with Crippen molar-refractivity contribution in [2.24, 2.45) is 5.73 Å². The van der Waals surface area contributed by atoms with Crippen molar-refractivity contribution >= 4 is 28.5 Å². The molecule has 174 valence electrons. The highest BCUT2D eigenvalue weighted by atomic mass is 19.1. The van der Waals surface area contributed by atoms with Crippen LogP contribution in [0.15, 0.2) is 42.6 Å². The summed E-state index contributed by atoms with van der Waals surface area (Å²) in [6.45, 7) is 0.178. The van der Waals surface area contributed by atoms with E-state index in [0.717, 1.165) is 35.4 Å². The van der Waals surface area contributed by atoms with Gasteiger partial charge in [0.15, 0.2) is 0 Å². The Kier molecular flexibility index (Phi) is 5.20.